The lowest BCUT2D eigenvalue weighted by Gasteiger charge is -2.25. The zero-order valence-corrected chi connectivity index (χ0v) is 15.8. The molecule has 0 atom stereocenters. The molecule has 0 unspecified atom stereocenters. The van der Waals surface area contributed by atoms with E-state index in [2.05, 4.69) is 15.3 Å². The second kappa shape index (κ2) is 7.31. The monoisotopic (exact) mass is 404 g/mol. The van der Waals surface area contributed by atoms with Crippen molar-refractivity contribution in [3.63, 3.8) is 0 Å². The first-order valence-corrected chi connectivity index (χ1v) is 10.5. The van der Waals surface area contributed by atoms with Crippen LogP contribution in [-0.4, -0.2) is 54.9 Å². The number of fused-ring (bicyclic) bond motifs is 1. The number of anilines is 1. The summed E-state index contributed by atoms with van der Waals surface area (Å²) in [6.45, 7) is 1.48. The van der Waals surface area contributed by atoms with Gasteiger partial charge in [-0.1, -0.05) is 11.3 Å². The highest BCUT2D eigenvalue weighted by atomic mass is 32.2. The van der Waals surface area contributed by atoms with Crippen molar-refractivity contribution in [3.05, 3.63) is 48.3 Å². The predicted octanol–water partition coefficient (Wildman–Crippen LogP) is 1.96. The van der Waals surface area contributed by atoms with E-state index in [1.54, 1.807) is 36.5 Å². The number of nitrogens with zero attached hydrogens (tertiary/aromatic N) is 3. The molecule has 140 valence electrons. The van der Waals surface area contributed by atoms with Gasteiger partial charge in [0, 0.05) is 25.5 Å². The summed E-state index contributed by atoms with van der Waals surface area (Å²) >= 11 is 1.23. The Hall–Kier alpha value is -2.40. The van der Waals surface area contributed by atoms with E-state index in [1.807, 2.05) is 0 Å². The maximum Gasteiger partial charge on any atom is 0.259 e. The maximum atomic E-state index is 12.8. The van der Waals surface area contributed by atoms with Crippen LogP contribution in [0.25, 0.3) is 10.2 Å². The molecule has 1 N–H and O–H groups in total. The molecule has 1 saturated heterocycles. The predicted molar refractivity (Wildman–Crippen MR) is 101 cm³/mol. The number of aromatic nitrogens is 2. The van der Waals surface area contributed by atoms with Gasteiger partial charge in [0.1, 0.15) is 0 Å². The number of nitrogens with one attached hydrogen (secondary N) is 1. The number of benzene rings is 1. The molecule has 1 amide bonds. The highest BCUT2D eigenvalue weighted by molar-refractivity contribution is 7.89. The SMILES string of the molecule is O=C(Nc1nc2ccc(S(=O)(=O)N3CCOCC3)cc2s1)c1cccnc1. The van der Waals surface area contributed by atoms with E-state index in [-0.39, 0.29) is 10.8 Å². The molecule has 4 rings (SSSR count). The molecule has 0 spiro atoms. The van der Waals surface area contributed by atoms with Gasteiger partial charge < -0.3 is 4.74 Å². The Bertz CT molecular complexity index is 1080. The van der Waals surface area contributed by atoms with Crippen molar-refractivity contribution >= 4 is 42.6 Å². The number of hydrogen-bond acceptors (Lipinski definition) is 7. The molecular weight excluding hydrogens is 388 g/mol. The van der Waals surface area contributed by atoms with Crippen molar-refractivity contribution < 1.29 is 17.9 Å². The van der Waals surface area contributed by atoms with Crippen molar-refractivity contribution in [2.75, 3.05) is 31.6 Å². The summed E-state index contributed by atoms with van der Waals surface area (Å²) in [5.74, 6) is -0.316. The number of hydrogen-bond donors (Lipinski definition) is 1. The summed E-state index contributed by atoms with van der Waals surface area (Å²) in [5, 5.41) is 3.12. The van der Waals surface area contributed by atoms with E-state index in [0.29, 0.717) is 47.2 Å². The summed E-state index contributed by atoms with van der Waals surface area (Å²) in [6, 6.07) is 8.12. The molecule has 8 nitrogen and oxygen atoms in total. The number of thiazole rings is 1. The van der Waals surface area contributed by atoms with E-state index in [0.717, 1.165) is 0 Å². The number of ether oxygens (including phenoxy) is 1. The third kappa shape index (κ3) is 3.69. The molecule has 27 heavy (non-hydrogen) atoms. The second-order valence-corrected chi connectivity index (χ2v) is 8.83. The summed E-state index contributed by atoms with van der Waals surface area (Å²) in [7, 11) is -3.57. The Kier molecular flexibility index (Phi) is 4.87. The number of sulfonamides is 1. The first-order chi connectivity index (χ1) is 13.0. The zero-order chi connectivity index (χ0) is 18.9. The van der Waals surface area contributed by atoms with E-state index < -0.39 is 10.0 Å². The molecule has 1 aliphatic rings. The number of carbonyl (C=O) groups excluding carboxylic acids is 1. The molecule has 0 bridgehead atoms. The molecule has 0 saturated carbocycles. The number of rotatable bonds is 4. The van der Waals surface area contributed by atoms with Gasteiger partial charge in [0.25, 0.3) is 5.91 Å². The summed E-state index contributed by atoms with van der Waals surface area (Å²) in [5.41, 5.74) is 1.05. The minimum atomic E-state index is -3.57. The first kappa shape index (κ1) is 18.0. The summed E-state index contributed by atoms with van der Waals surface area (Å²) < 4.78 is 32.9. The maximum absolute atomic E-state index is 12.8. The van der Waals surface area contributed by atoms with Crippen LogP contribution in [-0.2, 0) is 14.8 Å². The fourth-order valence-corrected chi connectivity index (χ4v) is 5.13. The Balaban J connectivity index is 1.59. The van der Waals surface area contributed by atoms with Gasteiger partial charge in [-0.3, -0.25) is 15.1 Å². The molecule has 1 fully saturated rings. The number of morpholine rings is 1. The van der Waals surface area contributed by atoms with E-state index in [1.165, 1.54) is 21.8 Å². The molecule has 0 radical (unpaired) electrons. The quantitative estimate of drug-likeness (QED) is 0.713. The van der Waals surface area contributed by atoms with Crippen LogP contribution in [0.1, 0.15) is 10.4 Å². The van der Waals surface area contributed by atoms with Crippen molar-refractivity contribution in [3.8, 4) is 0 Å². The van der Waals surface area contributed by atoms with Crippen LogP contribution in [0.5, 0.6) is 0 Å². The van der Waals surface area contributed by atoms with Gasteiger partial charge in [-0.25, -0.2) is 13.4 Å². The van der Waals surface area contributed by atoms with Crippen molar-refractivity contribution in [2.24, 2.45) is 0 Å². The standard InChI is InChI=1S/C17H16N4O4S2/c22-16(12-2-1-5-18-11-12)20-17-19-14-4-3-13(10-15(14)26-17)27(23,24)21-6-8-25-9-7-21/h1-5,10-11H,6-9H2,(H,19,20,22). The lowest BCUT2D eigenvalue weighted by Crippen LogP contribution is -2.40. The molecule has 1 aromatic carbocycles. The third-order valence-corrected chi connectivity index (χ3v) is 6.94. The average molecular weight is 404 g/mol. The van der Waals surface area contributed by atoms with Crippen LogP contribution in [0.4, 0.5) is 5.13 Å². The van der Waals surface area contributed by atoms with Crippen molar-refractivity contribution in [2.45, 2.75) is 4.90 Å². The van der Waals surface area contributed by atoms with Crippen LogP contribution in [0.3, 0.4) is 0 Å². The topological polar surface area (TPSA) is 101 Å². The van der Waals surface area contributed by atoms with Gasteiger partial charge in [0.2, 0.25) is 10.0 Å². The average Bonchev–Trinajstić information content (AvgIpc) is 3.10. The highest BCUT2D eigenvalue weighted by Crippen LogP contribution is 2.29. The molecule has 3 heterocycles. The van der Waals surface area contributed by atoms with E-state index >= 15 is 0 Å². The van der Waals surface area contributed by atoms with Gasteiger partial charge in [-0.2, -0.15) is 4.31 Å². The molecule has 3 aromatic rings. The fraction of sp³-hybridized carbons (Fsp3) is 0.235. The lowest BCUT2D eigenvalue weighted by atomic mass is 10.3. The van der Waals surface area contributed by atoms with Gasteiger partial charge in [0.15, 0.2) is 5.13 Å². The van der Waals surface area contributed by atoms with Crippen molar-refractivity contribution in [1.82, 2.24) is 14.3 Å². The zero-order valence-electron chi connectivity index (χ0n) is 14.2. The Morgan fingerprint density at radius 1 is 1.22 bits per heavy atom. The normalized spacial score (nSPS) is 15.7. The highest BCUT2D eigenvalue weighted by Gasteiger charge is 2.26. The number of pyridine rings is 1. The van der Waals surface area contributed by atoms with Crippen LogP contribution in [0, 0.1) is 0 Å². The molecule has 2 aromatic heterocycles. The van der Waals surface area contributed by atoms with Crippen LogP contribution in [0.2, 0.25) is 0 Å². The fourth-order valence-electron chi connectivity index (χ4n) is 2.72. The number of amides is 1. The minimum absolute atomic E-state index is 0.214. The molecule has 0 aliphatic carbocycles. The minimum Gasteiger partial charge on any atom is -0.379 e. The summed E-state index contributed by atoms with van der Waals surface area (Å²) in [6.07, 6.45) is 3.06. The Morgan fingerprint density at radius 2 is 2.04 bits per heavy atom. The largest absolute Gasteiger partial charge is 0.379 e. The van der Waals surface area contributed by atoms with Gasteiger partial charge >= 0.3 is 0 Å². The third-order valence-electron chi connectivity index (χ3n) is 4.11. The van der Waals surface area contributed by atoms with E-state index in [4.69, 9.17) is 4.74 Å². The van der Waals surface area contributed by atoms with E-state index in [9.17, 15) is 13.2 Å². The first-order valence-electron chi connectivity index (χ1n) is 8.24. The Labute approximate surface area is 159 Å². The van der Waals surface area contributed by atoms with Gasteiger partial charge in [-0.05, 0) is 30.3 Å². The Morgan fingerprint density at radius 3 is 2.78 bits per heavy atom. The van der Waals surface area contributed by atoms with Gasteiger partial charge in [-0.15, -0.1) is 0 Å². The second-order valence-electron chi connectivity index (χ2n) is 5.86. The smallest absolute Gasteiger partial charge is 0.259 e. The lowest BCUT2D eigenvalue weighted by molar-refractivity contribution is 0.0730. The van der Waals surface area contributed by atoms with Crippen LogP contribution >= 0.6 is 11.3 Å². The van der Waals surface area contributed by atoms with Crippen molar-refractivity contribution in [1.29, 1.82) is 0 Å². The summed E-state index contributed by atoms with van der Waals surface area (Å²) in [4.78, 5) is 20.7. The molecule has 1 aliphatic heterocycles. The molecular formula is C17H16N4O4S2. The van der Waals surface area contributed by atoms with Crippen LogP contribution in [0.15, 0.2) is 47.6 Å². The van der Waals surface area contributed by atoms with Gasteiger partial charge in [0.05, 0.1) is 33.9 Å². The van der Waals surface area contributed by atoms with Crippen LogP contribution < -0.4 is 5.32 Å². The molecule has 10 heteroatoms. The number of carbonyl (C=O) groups is 1.